The third-order valence-corrected chi connectivity index (χ3v) is 4.22. The molecule has 0 amide bonds. The molecule has 6 nitrogen and oxygen atoms in total. The second-order valence-electron chi connectivity index (χ2n) is 6.13. The smallest absolute Gasteiger partial charge is 0.330 e. The molecule has 0 spiro atoms. The molecule has 0 unspecified atom stereocenters. The maximum Gasteiger partial charge on any atom is 0.330 e. The number of hydrogen-bond donors (Lipinski definition) is 2. The minimum absolute atomic E-state index is 0.00851. The van der Waals surface area contributed by atoms with E-state index in [-0.39, 0.29) is 30.2 Å². The zero-order valence-electron chi connectivity index (χ0n) is 14.6. The predicted molar refractivity (Wildman–Crippen MR) is 99.7 cm³/mol. The fraction of sp³-hybridized carbons (Fsp3) is 0.158. The van der Waals surface area contributed by atoms with Gasteiger partial charge >= 0.3 is 5.69 Å². The molecule has 2 aromatic carbocycles. The van der Waals surface area contributed by atoms with Gasteiger partial charge in [-0.2, -0.15) is 0 Å². The van der Waals surface area contributed by atoms with E-state index < -0.39 is 22.9 Å². The van der Waals surface area contributed by atoms with E-state index in [1.807, 2.05) is 30.3 Å². The molecule has 0 atom stereocenters. The van der Waals surface area contributed by atoms with E-state index in [4.69, 9.17) is 5.73 Å². The number of nitrogens with zero attached hydrogens (tertiary/aromatic N) is 2. The first kappa shape index (κ1) is 18.4. The van der Waals surface area contributed by atoms with Gasteiger partial charge < -0.3 is 10.6 Å². The molecule has 0 aliphatic rings. The van der Waals surface area contributed by atoms with E-state index in [1.165, 1.54) is 28.6 Å². The van der Waals surface area contributed by atoms with Gasteiger partial charge in [-0.1, -0.05) is 42.5 Å². The van der Waals surface area contributed by atoms with E-state index >= 15 is 0 Å². The van der Waals surface area contributed by atoms with Gasteiger partial charge in [-0.3, -0.25) is 14.3 Å². The summed E-state index contributed by atoms with van der Waals surface area (Å²) in [5, 5.41) is 0. The summed E-state index contributed by atoms with van der Waals surface area (Å²) >= 11 is 0. The first-order chi connectivity index (χ1) is 12.9. The Morgan fingerprint density at radius 1 is 1.07 bits per heavy atom. The molecule has 0 radical (unpaired) electrons. The summed E-state index contributed by atoms with van der Waals surface area (Å²) in [6, 6.07) is 12.9. The quantitative estimate of drug-likeness (QED) is 0.718. The maximum absolute atomic E-state index is 13.9. The van der Waals surface area contributed by atoms with Gasteiger partial charge in [-0.15, -0.1) is 0 Å². The van der Waals surface area contributed by atoms with Crippen LogP contribution >= 0.6 is 0 Å². The van der Waals surface area contributed by atoms with Crippen molar-refractivity contribution in [1.29, 1.82) is 0 Å². The molecule has 0 aliphatic carbocycles. The van der Waals surface area contributed by atoms with Crippen molar-refractivity contribution >= 4 is 11.5 Å². The van der Waals surface area contributed by atoms with E-state index in [0.717, 1.165) is 11.6 Å². The summed E-state index contributed by atoms with van der Waals surface area (Å²) in [6.45, 7) is 0.0673. The molecular weight excluding hydrogens is 354 g/mol. The van der Waals surface area contributed by atoms with Gasteiger partial charge in [0.1, 0.15) is 11.5 Å². The van der Waals surface area contributed by atoms with Crippen LogP contribution in [0.2, 0.25) is 0 Å². The molecule has 0 saturated carbocycles. The minimum atomic E-state index is -0.989. The molecule has 3 N–H and O–H groups in total. The first-order valence-electron chi connectivity index (χ1n) is 8.19. The van der Waals surface area contributed by atoms with E-state index in [9.17, 15) is 18.4 Å². The average molecular weight is 372 g/mol. The molecule has 0 saturated heterocycles. The minimum Gasteiger partial charge on any atom is -0.383 e. The molecule has 0 aliphatic heterocycles. The Labute approximate surface area is 153 Å². The lowest BCUT2D eigenvalue weighted by Gasteiger charge is -2.22. The predicted octanol–water partition coefficient (Wildman–Crippen LogP) is 2.08. The Morgan fingerprint density at radius 3 is 2.48 bits per heavy atom. The highest BCUT2D eigenvalue weighted by molar-refractivity contribution is 5.62. The number of aromatic amines is 1. The van der Waals surface area contributed by atoms with Crippen molar-refractivity contribution in [3.8, 4) is 0 Å². The molecule has 3 aromatic rings. The van der Waals surface area contributed by atoms with Gasteiger partial charge in [0, 0.05) is 19.2 Å². The average Bonchev–Trinajstić information content (AvgIpc) is 2.63. The Balaban J connectivity index is 2.00. The Hall–Kier alpha value is -3.42. The van der Waals surface area contributed by atoms with Crippen molar-refractivity contribution in [3.63, 3.8) is 0 Å². The Morgan fingerprint density at radius 2 is 1.78 bits per heavy atom. The second kappa shape index (κ2) is 7.45. The standard InChI is InChI=1S/C19H18F2N4O2/c1-24(11-13-8-5-9-14(20)15(13)21)16-17(22)25(19(27)23-18(16)26)10-12-6-3-2-4-7-12/h2-9H,10-11,22H2,1H3,(H,23,26,27). The van der Waals surface area contributed by atoms with Crippen molar-refractivity contribution in [3.05, 3.63) is 92.1 Å². The lowest BCUT2D eigenvalue weighted by molar-refractivity contribution is 0.498. The normalized spacial score (nSPS) is 10.8. The molecule has 0 bridgehead atoms. The molecule has 1 aromatic heterocycles. The lowest BCUT2D eigenvalue weighted by Crippen LogP contribution is -2.37. The highest BCUT2D eigenvalue weighted by atomic mass is 19.2. The zero-order chi connectivity index (χ0) is 19.6. The highest BCUT2D eigenvalue weighted by Crippen LogP contribution is 2.20. The Bertz CT molecular complexity index is 1080. The zero-order valence-corrected chi connectivity index (χ0v) is 14.6. The number of anilines is 2. The molecular formula is C19H18F2N4O2. The van der Waals surface area contributed by atoms with Gasteiger partial charge in [0.25, 0.3) is 5.56 Å². The van der Waals surface area contributed by atoms with Crippen LogP contribution in [0, 0.1) is 11.6 Å². The van der Waals surface area contributed by atoms with Crippen LogP contribution in [0.25, 0.3) is 0 Å². The summed E-state index contributed by atoms with van der Waals surface area (Å²) < 4.78 is 28.6. The number of hydrogen-bond acceptors (Lipinski definition) is 4. The van der Waals surface area contributed by atoms with Crippen LogP contribution in [0.3, 0.4) is 0 Å². The van der Waals surface area contributed by atoms with Crippen LogP contribution in [-0.2, 0) is 13.1 Å². The second-order valence-corrected chi connectivity index (χ2v) is 6.13. The molecule has 0 fully saturated rings. The number of halogens is 2. The number of H-pyrrole nitrogens is 1. The Kier molecular flexibility index (Phi) is 5.07. The van der Waals surface area contributed by atoms with Crippen molar-refractivity contribution < 1.29 is 8.78 Å². The van der Waals surface area contributed by atoms with Crippen LogP contribution in [-0.4, -0.2) is 16.6 Å². The summed E-state index contributed by atoms with van der Waals surface area (Å²) in [7, 11) is 1.52. The van der Waals surface area contributed by atoms with Crippen LogP contribution < -0.4 is 21.9 Å². The summed E-state index contributed by atoms with van der Waals surface area (Å²) in [6.07, 6.45) is 0. The molecule has 140 valence electrons. The van der Waals surface area contributed by atoms with Crippen LogP contribution in [0.1, 0.15) is 11.1 Å². The van der Waals surface area contributed by atoms with Crippen LogP contribution in [0.4, 0.5) is 20.3 Å². The largest absolute Gasteiger partial charge is 0.383 e. The van der Waals surface area contributed by atoms with Crippen LogP contribution in [0.5, 0.6) is 0 Å². The SMILES string of the molecule is CN(Cc1cccc(F)c1F)c1c(N)n(Cc2ccccc2)c(=O)[nH]c1=O. The molecule has 8 heteroatoms. The highest BCUT2D eigenvalue weighted by Gasteiger charge is 2.18. The number of aromatic nitrogens is 2. The van der Waals surface area contributed by atoms with E-state index in [1.54, 1.807) is 0 Å². The van der Waals surface area contributed by atoms with Crippen molar-refractivity contribution in [1.82, 2.24) is 9.55 Å². The van der Waals surface area contributed by atoms with E-state index in [0.29, 0.717) is 0 Å². The third kappa shape index (κ3) is 3.74. The first-order valence-corrected chi connectivity index (χ1v) is 8.19. The number of benzene rings is 2. The number of nitrogen functional groups attached to an aromatic ring is 1. The number of nitrogens with one attached hydrogen (secondary N) is 1. The van der Waals surface area contributed by atoms with Gasteiger partial charge in [0.2, 0.25) is 0 Å². The summed E-state index contributed by atoms with van der Waals surface area (Å²) in [5.41, 5.74) is 5.65. The van der Waals surface area contributed by atoms with Crippen LogP contribution in [0.15, 0.2) is 58.1 Å². The maximum atomic E-state index is 13.9. The molecule has 1 heterocycles. The summed E-state index contributed by atoms with van der Waals surface area (Å²) in [5.74, 6) is -2.01. The molecule has 3 rings (SSSR count). The summed E-state index contributed by atoms with van der Waals surface area (Å²) in [4.78, 5) is 28.1. The van der Waals surface area contributed by atoms with Gasteiger partial charge in [0.05, 0.1) is 6.54 Å². The lowest BCUT2D eigenvalue weighted by atomic mass is 10.2. The van der Waals surface area contributed by atoms with Gasteiger partial charge in [0.15, 0.2) is 11.6 Å². The monoisotopic (exact) mass is 372 g/mol. The van der Waals surface area contributed by atoms with Crippen molar-refractivity contribution in [2.75, 3.05) is 17.7 Å². The third-order valence-electron chi connectivity index (χ3n) is 4.22. The van der Waals surface area contributed by atoms with Crippen molar-refractivity contribution in [2.45, 2.75) is 13.1 Å². The number of rotatable bonds is 5. The van der Waals surface area contributed by atoms with Gasteiger partial charge in [-0.25, -0.2) is 13.6 Å². The fourth-order valence-corrected chi connectivity index (χ4v) is 2.87. The fourth-order valence-electron chi connectivity index (χ4n) is 2.87. The van der Waals surface area contributed by atoms with Gasteiger partial charge in [-0.05, 0) is 11.6 Å². The molecule has 27 heavy (non-hydrogen) atoms. The van der Waals surface area contributed by atoms with E-state index in [2.05, 4.69) is 4.98 Å². The topological polar surface area (TPSA) is 84.1 Å². The number of nitrogens with two attached hydrogens (primary N) is 1. The van der Waals surface area contributed by atoms with Crippen molar-refractivity contribution in [2.24, 2.45) is 0 Å².